The van der Waals surface area contributed by atoms with Crippen LogP contribution in [-0.2, 0) is 9.53 Å². The minimum atomic E-state index is -0.598. The molecule has 0 radical (unpaired) electrons. The van der Waals surface area contributed by atoms with Crippen molar-refractivity contribution in [3.8, 4) is 0 Å². The van der Waals surface area contributed by atoms with E-state index >= 15 is 0 Å². The molecule has 0 spiro atoms. The molecule has 1 fully saturated rings. The Morgan fingerprint density at radius 2 is 1.96 bits per heavy atom. The minimum Gasteiger partial charge on any atom is -0.372 e. The second-order valence-corrected chi connectivity index (χ2v) is 8.26. The maximum absolute atomic E-state index is 13.0. The van der Waals surface area contributed by atoms with E-state index in [9.17, 15) is 9.59 Å². The van der Waals surface area contributed by atoms with Gasteiger partial charge in [-0.25, -0.2) is 0 Å². The van der Waals surface area contributed by atoms with Crippen LogP contribution in [0.4, 0.5) is 0 Å². The molecule has 1 aromatic rings. The second-order valence-electron chi connectivity index (χ2n) is 6.43. The monoisotopic (exact) mass is 418 g/mol. The predicted molar refractivity (Wildman–Crippen MR) is 107 cm³/mol. The van der Waals surface area contributed by atoms with Crippen LogP contribution in [0.2, 0.25) is 10.0 Å². The van der Waals surface area contributed by atoms with Crippen LogP contribution in [0.3, 0.4) is 0 Å². The molecule has 2 rings (SSSR count). The van der Waals surface area contributed by atoms with E-state index in [-0.39, 0.29) is 29.0 Å². The highest BCUT2D eigenvalue weighted by molar-refractivity contribution is 7.98. The first-order chi connectivity index (χ1) is 12.3. The molecule has 26 heavy (non-hydrogen) atoms. The summed E-state index contributed by atoms with van der Waals surface area (Å²) in [4.78, 5) is 27.4. The summed E-state index contributed by atoms with van der Waals surface area (Å²) in [6, 6.07) is 4.09. The number of nitrogens with zero attached hydrogens (tertiary/aromatic N) is 1. The Bertz CT molecular complexity index is 649. The number of hydrogen-bond acceptors (Lipinski definition) is 4. The summed E-state index contributed by atoms with van der Waals surface area (Å²) in [7, 11) is 0. The van der Waals surface area contributed by atoms with Gasteiger partial charge in [-0.05, 0) is 50.5 Å². The number of thioether (sulfide) groups is 1. The SMILES string of the molecule is CSCC[C@@H](NC(=O)c1ccc(Cl)cc1Cl)C(=O)N1C[C@@H](C)O[C@H](C)C1. The van der Waals surface area contributed by atoms with Gasteiger partial charge in [0, 0.05) is 18.1 Å². The first kappa shape index (κ1) is 21.4. The zero-order valence-electron chi connectivity index (χ0n) is 15.1. The van der Waals surface area contributed by atoms with Crippen molar-refractivity contribution in [3.05, 3.63) is 33.8 Å². The lowest BCUT2D eigenvalue weighted by atomic mass is 10.1. The predicted octanol–water partition coefficient (Wildman–Crippen LogP) is 3.48. The van der Waals surface area contributed by atoms with Gasteiger partial charge in [-0.15, -0.1) is 0 Å². The molecule has 5 nitrogen and oxygen atoms in total. The Morgan fingerprint density at radius 1 is 1.31 bits per heavy atom. The highest BCUT2D eigenvalue weighted by atomic mass is 35.5. The summed E-state index contributed by atoms with van der Waals surface area (Å²) in [6.07, 6.45) is 2.48. The van der Waals surface area contributed by atoms with Crippen molar-refractivity contribution in [1.29, 1.82) is 0 Å². The number of carbonyl (C=O) groups excluding carboxylic acids is 2. The van der Waals surface area contributed by atoms with Gasteiger partial charge >= 0.3 is 0 Å². The lowest BCUT2D eigenvalue weighted by Gasteiger charge is -2.37. The van der Waals surface area contributed by atoms with Crippen LogP contribution in [0.15, 0.2) is 18.2 Å². The van der Waals surface area contributed by atoms with Gasteiger partial charge < -0.3 is 15.0 Å². The normalized spacial score (nSPS) is 21.3. The van der Waals surface area contributed by atoms with Crippen molar-refractivity contribution < 1.29 is 14.3 Å². The van der Waals surface area contributed by atoms with E-state index in [1.165, 1.54) is 6.07 Å². The molecule has 1 aliphatic heterocycles. The largest absolute Gasteiger partial charge is 0.372 e. The molecule has 0 saturated carbocycles. The third kappa shape index (κ3) is 5.78. The average Bonchev–Trinajstić information content (AvgIpc) is 2.56. The van der Waals surface area contributed by atoms with Crippen LogP contribution in [0.1, 0.15) is 30.6 Å². The standard InChI is InChI=1S/C18H24Cl2N2O3S/c1-11-9-22(10-12(2)25-11)18(24)16(6-7-26-3)21-17(23)14-5-4-13(19)8-15(14)20/h4-5,8,11-12,16H,6-7,9-10H2,1-3H3,(H,21,23)/t11-,12-,16-/m1/s1. The molecule has 1 heterocycles. The highest BCUT2D eigenvalue weighted by Gasteiger charge is 2.31. The number of rotatable bonds is 6. The smallest absolute Gasteiger partial charge is 0.253 e. The van der Waals surface area contributed by atoms with Gasteiger partial charge in [0.1, 0.15) is 6.04 Å². The second kappa shape index (κ2) is 9.83. The molecule has 1 aromatic carbocycles. The van der Waals surface area contributed by atoms with Crippen LogP contribution in [-0.4, -0.2) is 60.1 Å². The van der Waals surface area contributed by atoms with Crippen LogP contribution in [0.25, 0.3) is 0 Å². The lowest BCUT2D eigenvalue weighted by Crippen LogP contribution is -2.55. The maximum atomic E-state index is 13.0. The van der Waals surface area contributed by atoms with Gasteiger partial charge in [0.15, 0.2) is 0 Å². The number of benzene rings is 1. The molecular weight excluding hydrogens is 395 g/mol. The van der Waals surface area contributed by atoms with E-state index in [0.29, 0.717) is 30.1 Å². The van der Waals surface area contributed by atoms with Gasteiger partial charge in [0.05, 0.1) is 22.8 Å². The highest BCUT2D eigenvalue weighted by Crippen LogP contribution is 2.21. The summed E-state index contributed by atoms with van der Waals surface area (Å²) in [5, 5.41) is 3.56. The Hall–Kier alpha value is -0.950. The molecule has 1 aliphatic rings. The average molecular weight is 419 g/mol. The quantitative estimate of drug-likeness (QED) is 0.767. The first-order valence-electron chi connectivity index (χ1n) is 8.51. The van der Waals surface area contributed by atoms with Crippen molar-refractivity contribution >= 4 is 46.8 Å². The van der Waals surface area contributed by atoms with Crippen LogP contribution >= 0.6 is 35.0 Å². The fraction of sp³-hybridized carbons (Fsp3) is 0.556. The van der Waals surface area contributed by atoms with Crippen molar-refractivity contribution in [2.75, 3.05) is 25.1 Å². The van der Waals surface area contributed by atoms with Gasteiger partial charge in [-0.1, -0.05) is 23.2 Å². The van der Waals surface area contributed by atoms with E-state index in [0.717, 1.165) is 5.75 Å². The number of morpholine rings is 1. The fourth-order valence-electron chi connectivity index (χ4n) is 2.98. The maximum Gasteiger partial charge on any atom is 0.253 e. The molecule has 1 saturated heterocycles. The first-order valence-corrected chi connectivity index (χ1v) is 10.7. The Balaban J connectivity index is 2.13. The molecule has 0 bridgehead atoms. The Morgan fingerprint density at radius 3 is 2.54 bits per heavy atom. The molecular formula is C18H24Cl2N2O3S. The number of carbonyl (C=O) groups is 2. The van der Waals surface area contributed by atoms with Gasteiger partial charge in [-0.2, -0.15) is 11.8 Å². The fourth-order valence-corrected chi connectivity index (χ4v) is 3.95. The number of amides is 2. The summed E-state index contributed by atoms with van der Waals surface area (Å²) < 4.78 is 5.69. The Kier molecular flexibility index (Phi) is 8.07. The van der Waals surface area contributed by atoms with E-state index in [4.69, 9.17) is 27.9 Å². The van der Waals surface area contributed by atoms with Crippen LogP contribution in [0.5, 0.6) is 0 Å². The summed E-state index contributed by atoms with van der Waals surface area (Å²) in [5.74, 6) is 0.306. The lowest BCUT2D eigenvalue weighted by molar-refractivity contribution is -0.145. The van der Waals surface area contributed by atoms with Crippen molar-refractivity contribution in [3.63, 3.8) is 0 Å². The number of nitrogens with one attached hydrogen (secondary N) is 1. The number of ether oxygens (including phenoxy) is 1. The molecule has 0 aromatic heterocycles. The molecule has 144 valence electrons. The number of hydrogen-bond donors (Lipinski definition) is 1. The summed E-state index contributed by atoms with van der Waals surface area (Å²) in [6.45, 7) is 4.94. The topological polar surface area (TPSA) is 58.6 Å². The number of halogens is 2. The summed E-state index contributed by atoms with van der Waals surface area (Å²) >= 11 is 13.6. The molecule has 1 N–H and O–H groups in total. The van der Waals surface area contributed by atoms with Crippen LogP contribution < -0.4 is 5.32 Å². The van der Waals surface area contributed by atoms with Gasteiger partial charge in [-0.3, -0.25) is 9.59 Å². The van der Waals surface area contributed by atoms with E-state index in [2.05, 4.69) is 5.32 Å². The Labute approximate surface area is 168 Å². The van der Waals surface area contributed by atoms with Crippen molar-refractivity contribution in [2.45, 2.75) is 38.5 Å². The van der Waals surface area contributed by atoms with Gasteiger partial charge in [0.25, 0.3) is 5.91 Å². The zero-order chi connectivity index (χ0) is 19.3. The zero-order valence-corrected chi connectivity index (χ0v) is 17.5. The molecule has 0 aliphatic carbocycles. The molecule has 3 atom stereocenters. The minimum absolute atomic E-state index is 0.0229. The third-order valence-corrected chi connectivity index (χ3v) is 5.31. The van der Waals surface area contributed by atoms with Gasteiger partial charge in [0.2, 0.25) is 5.91 Å². The van der Waals surface area contributed by atoms with E-state index < -0.39 is 6.04 Å². The molecule has 8 heteroatoms. The van der Waals surface area contributed by atoms with E-state index in [1.54, 1.807) is 28.8 Å². The van der Waals surface area contributed by atoms with Crippen molar-refractivity contribution in [2.24, 2.45) is 0 Å². The third-order valence-electron chi connectivity index (χ3n) is 4.12. The molecule has 2 amide bonds. The van der Waals surface area contributed by atoms with E-state index in [1.807, 2.05) is 20.1 Å². The molecule has 0 unspecified atom stereocenters. The summed E-state index contributed by atoms with van der Waals surface area (Å²) in [5.41, 5.74) is 0.307. The van der Waals surface area contributed by atoms with Crippen LogP contribution in [0, 0.1) is 0 Å². The van der Waals surface area contributed by atoms with Crippen molar-refractivity contribution in [1.82, 2.24) is 10.2 Å².